The van der Waals surface area contributed by atoms with Gasteiger partial charge in [-0.15, -0.1) is 0 Å². The Labute approximate surface area is 126 Å². The first-order valence-corrected chi connectivity index (χ1v) is 6.68. The minimum absolute atomic E-state index is 0.0255. The van der Waals surface area contributed by atoms with Crippen LogP contribution in [0.5, 0.6) is 5.75 Å². The Balaban J connectivity index is 2.59. The van der Waals surface area contributed by atoms with Crippen LogP contribution in [-0.4, -0.2) is 34.9 Å². The van der Waals surface area contributed by atoms with Crippen molar-refractivity contribution >= 4 is 40.9 Å². The molecule has 1 rings (SSSR count). The van der Waals surface area contributed by atoms with E-state index >= 15 is 0 Å². The van der Waals surface area contributed by atoms with E-state index in [1.54, 1.807) is 0 Å². The molecule has 0 spiro atoms. The van der Waals surface area contributed by atoms with Crippen LogP contribution in [-0.2, 0) is 9.59 Å². The molecule has 0 atom stereocenters. The maximum atomic E-state index is 11.9. The number of hydrogen-bond donors (Lipinski definition) is 2. The molecule has 0 fully saturated rings. The van der Waals surface area contributed by atoms with Gasteiger partial charge in [-0.3, -0.25) is 4.79 Å². The number of amides is 1. The Morgan fingerprint density at radius 3 is 2.57 bits per heavy atom. The molecule has 5 nitrogen and oxygen atoms in total. The summed E-state index contributed by atoms with van der Waals surface area (Å²) in [6, 6.07) is 3.88. The molecule has 0 radical (unpaired) electrons. The number of aliphatic carboxylic acids is 1. The molecular formula is C11H9ClF3NO4S. The zero-order valence-electron chi connectivity index (χ0n) is 10.2. The molecule has 21 heavy (non-hydrogen) atoms. The summed E-state index contributed by atoms with van der Waals surface area (Å²) >= 11 is 5.34. The number of thioether (sulfide) groups is 1. The van der Waals surface area contributed by atoms with Crippen molar-refractivity contribution < 1.29 is 32.6 Å². The van der Waals surface area contributed by atoms with Crippen LogP contribution in [0.2, 0.25) is 5.02 Å². The second-order valence-electron chi connectivity index (χ2n) is 3.61. The van der Waals surface area contributed by atoms with E-state index in [2.05, 4.69) is 5.32 Å². The van der Waals surface area contributed by atoms with Crippen LogP contribution in [0.15, 0.2) is 18.2 Å². The third-order valence-corrected chi connectivity index (χ3v) is 2.96. The van der Waals surface area contributed by atoms with Gasteiger partial charge in [0, 0.05) is 5.69 Å². The lowest BCUT2D eigenvalue weighted by Gasteiger charge is -2.09. The van der Waals surface area contributed by atoms with E-state index < -0.39 is 41.5 Å². The van der Waals surface area contributed by atoms with Crippen LogP contribution < -0.4 is 10.1 Å². The van der Waals surface area contributed by atoms with Gasteiger partial charge in [-0.1, -0.05) is 11.6 Å². The fourth-order valence-electron chi connectivity index (χ4n) is 1.18. The average Bonchev–Trinajstić information content (AvgIpc) is 2.34. The first kappa shape index (κ1) is 17.4. The highest BCUT2D eigenvalue weighted by molar-refractivity contribution is 8.00. The second-order valence-corrected chi connectivity index (χ2v) is 5.06. The molecule has 116 valence electrons. The highest BCUT2D eigenvalue weighted by Crippen LogP contribution is 2.31. The van der Waals surface area contributed by atoms with Gasteiger partial charge in [-0.05, 0) is 30.0 Å². The highest BCUT2D eigenvalue weighted by atomic mass is 35.5. The predicted molar refractivity (Wildman–Crippen MR) is 71.7 cm³/mol. The van der Waals surface area contributed by atoms with Crippen molar-refractivity contribution in [3.05, 3.63) is 23.2 Å². The highest BCUT2D eigenvalue weighted by Gasteiger charge is 2.29. The molecule has 2 N–H and O–H groups in total. The zero-order valence-corrected chi connectivity index (χ0v) is 11.8. The minimum atomic E-state index is -4.48. The van der Waals surface area contributed by atoms with Gasteiger partial charge < -0.3 is 15.2 Å². The van der Waals surface area contributed by atoms with Gasteiger partial charge >= 0.3 is 11.5 Å². The Hall–Kier alpha value is -1.61. The van der Waals surface area contributed by atoms with Crippen molar-refractivity contribution in [3.63, 3.8) is 0 Å². The molecule has 0 bridgehead atoms. The van der Waals surface area contributed by atoms with Crippen molar-refractivity contribution in [2.45, 2.75) is 5.51 Å². The first-order chi connectivity index (χ1) is 9.67. The van der Waals surface area contributed by atoms with Gasteiger partial charge in [-0.25, -0.2) is 4.79 Å². The standard InChI is InChI=1S/C11H9ClF3NO4S/c12-7-3-6(1-2-8(7)20-4-10(18)19)16-9(17)5-21-11(13,14)15/h1-3H,4-5H2,(H,16,17)(H,18,19). The summed E-state index contributed by atoms with van der Waals surface area (Å²) in [7, 11) is 0. The van der Waals surface area contributed by atoms with Gasteiger partial charge in [0.2, 0.25) is 5.91 Å². The lowest BCUT2D eigenvalue weighted by Crippen LogP contribution is -2.17. The minimum Gasteiger partial charge on any atom is -0.480 e. The van der Waals surface area contributed by atoms with E-state index in [1.165, 1.54) is 18.2 Å². The van der Waals surface area contributed by atoms with E-state index in [-0.39, 0.29) is 16.5 Å². The fourth-order valence-corrected chi connectivity index (χ4v) is 1.78. The lowest BCUT2D eigenvalue weighted by atomic mass is 10.3. The summed E-state index contributed by atoms with van der Waals surface area (Å²) in [6.45, 7) is -0.590. The molecule has 0 saturated heterocycles. The maximum absolute atomic E-state index is 11.9. The number of hydrogen-bond acceptors (Lipinski definition) is 4. The number of alkyl halides is 3. The van der Waals surface area contributed by atoms with Crippen LogP contribution in [0.1, 0.15) is 0 Å². The van der Waals surface area contributed by atoms with Crippen molar-refractivity contribution in [1.29, 1.82) is 0 Å². The lowest BCUT2D eigenvalue weighted by molar-refractivity contribution is -0.139. The van der Waals surface area contributed by atoms with E-state index in [0.717, 1.165) is 0 Å². The number of anilines is 1. The summed E-state index contributed by atoms with van der Waals surface area (Å²) in [5, 5.41) is 10.7. The molecule has 0 aromatic heterocycles. The number of nitrogens with one attached hydrogen (secondary N) is 1. The largest absolute Gasteiger partial charge is 0.480 e. The number of ether oxygens (including phenoxy) is 1. The fraction of sp³-hybridized carbons (Fsp3) is 0.273. The van der Waals surface area contributed by atoms with Crippen LogP contribution in [0.25, 0.3) is 0 Å². The van der Waals surface area contributed by atoms with Gasteiger partial charge in [0.25, 0.3) is 0 Å². The monoisotopic (exact) mass is 343 g/mol. The van der Waals surface area contributed by atoms with Crippen molar-refractivity contribution in [2.24, 2.45) is 0 Å². The predicted octanol–water partition coefficient (Wildman–Crippen LogP) is 2.99. The van der Waals surface area contributed by atoms with E-state index in [9.17, 15) is 22.8 Å². The SMILES string of the molecule is O=C(O)COc1ccc(NC(=O)CSC(F)(F)F)cc1Cl. The average molecular weight is 344 g/mol. The molecule has 0 aliphatic heterocycles. The second kappa shape index (κ2) is 7.41. The summed E-state index contributed by atoms with van der Waals surface area (Å²) < 4.78 is 40.6. The molecular weight excluding hydrogens is 335 g/mol. The Bertz CT molecular complexity index is 539. The number of carbonyl (C=O) groups excluding carboxylic acids is 1. The Morgan fingerprint density at radius 1 is 1.38 bits per heavy atom. The number of benzene rings is 1. The number of carboxylic acid groups (broad SMARTS) is 1. The quantitative estimate of drug-likeness (QED) is 0.830. The molecule has 0 aliphatic rings. The number of rotatable bonds is 6. The number of carboxylic acids is 1. The normalized spacial score (nSPS) is 11.0. The molecule has 10 heteroatoms. The van der Waals surface area contributed by atoms with E-state index in [4.69, 9.17) is 21.4 Å². The van der Waals surface area contributed by atoms with Gasteiger partial charge in [0.1, 0.15) is 5.75 Å². The van der Waals surface area contributed by atoms with E-state index in [0.29, 0.717) is 0 Å². The smallest absolute Gasteiger partial charge is 0.442 e. The van der Waals surface area contributed by atoms with Crippen molar-refractivity contribution in [2.75, 3.05) is 17.7 Å². The van der Waals surface area contributed by atoms with Crippen LogP contribution in [0, 0.1) is 0 Å². The van der Waals surface area contributed by atoms with Crippen molar-refractivity contribution in [3.8, 4) is 5.75 Å². The third kappa shape index (κ3) is 7.09. The third-order valence-electron chi connectivity index (χ3n) is 1.93. The molecule has 0 saturated carbocycles. The number of halogens is 4. The number of carbonyl (C=O) groups is 2. The van der Waals surface area contributed by atoms with Crippen LogP contribution >= 0.6 is 23.4 Å². The van der Waals surface area contributed by atoms with Crippen LogP contribution in [0.3, 0.4) is 0 Å². The van der Waals surface area contributed by atoms with Crippen molar-refractivity contribution in [1.82, 2.24) is 0 Å². The summed E-state index contributed by atoms with van der Waals surface area (Å²) in [6.07, 6.45) is 0. The van der Waals surface area contributed by atoms with Gasteiger partial charge in [0.15, 0.2) is 6.61 Å². The molecule has 0 heterocycles. The Kier molecular flexibility index (Phi) is 6.16. The molecule has 1 aromatic rings. The molecule has 1 aromatic carbocycles. The topological polar surface area (TPSA) is 75.6 Å². The molecule has 0 unspecified atom stereocenters. The first-order valence-electron chi connectivity index (χ1n) is 5.32. The van der Waals surface area contributed by atoms with E-state index in [1.807, 2.05) is 0 Å². The van der Waals surface area contributed by atoms with Gasteiger partial charge in [-0.2, -0.15) is 13.2 Å². The molecule has 1 amide bonds. The Morgan fingerprint density at radius 2 is 2.05 bits per heavy atom. The van der Waals surface area contributed by atoms with Crippen LogP contribution in [0.4, 0.5) is 18.9 Å². The summed E-state index contributed by atoms with van der Waals surface area (Å²) in [5.74, 6) is -2.72. The summed E-state index contributed by atoms with van der Waals surface area (Å²) in [4.78, 5) is 21.6. The zero-order chi connectivity index (χ0) is 16.0. The van der Waals surface area contributed by atoms with Gasteiger partial charge in [0.05, 0.1) is 10.8 Å². The maximum Gasteiger partial charge on any atom is 0.442 e. The summed E-state index contributed by atoms with van der Waals surface area (Å²) in [5.41, 5.74) is -4.31. The molecule has 0 aliphatic carbocycles.